The molecule has 0 aromatic heterocycles. The molecule has 0 spiro atoms. The van der Waals surface area contributed by atoms with E-state index in [0.29, 0.717) is 64.1 Å². The zero-order valence-electron chi connectivity index (χ0n) is 22.8. The van der Waals surface area contributed by atoms with Crippen LogP contribution in [0.4, 0.5) is 5.69 Å². The van der Waals surface area contributed by atoms with Crippen LogP contribution in [0.5, 0.6) is 28.7 Å². The summed E-state index contributed by atoms with van der Waals surface area (Å²) in [5, 5.41) is 10.4. The quantitative estimate of drug-likeness (QED) is 0.557. The summed E-state index contributed by atoms with van der Waals surface area (Å²) < 4.78 is 27.8. The summed E-state index contributed by atoms with van der Waals surface area (Å²) in [6.07, 6.45) is 0.878. The summed E-state index contributed by atoms with van der Waals surface area (Å²) in [7, 11) is 7.69. The molecule has 2 aromatic carbocycles. The Bertz CT molecular complexity index is 1360. The maximum Gasteiger partial charge on any atom is 0.203 e. The molecule has 2 N–H and O–H groups in total. The van der Waals surface area contributed by atoms with Crippen molar-refractivity contribution in [2.45, 2.75) is 32.6 Å². The highest BCUT2D eigenvalue weighted by Crippen LogP contribution is 2.53. The SMILES string of the molecule is COc1ccc(OC)c(N2C(N)=C(C#N)C(c3cc(OC)c(OC)c(OC)c3)C3=C2CC(C)(C)CC3=O)c1. The van der Waals surface area contributed by atoms with Gasteiger partial charge in [0.25, 0.3) is 0 Å². The number of ketones is 1. The van der Waals surface area contributed by atoms with Gasteiger partial charge in [0.2, 0.25) is 5.75 Å². The second-order valence-corrected chi connectivity index (χ2v) is 9.98. The first-order chi connectivity index (χ1) is 18.1. The molecule has 2 aliphatic rings. The summed E-state index contributed by atoms with van der Waals surface area (Å²) in [6, 6.07) is 11.1. The minimum atomic E-state index is -0.722. The second kappa shape index (κ2) is 10.2. The van der Waals surface area contributed by atoms with Crippen molar-refractivity contribution in [2.75, 3.05) is 40.4 Å². The van der Waals surface area contributed by atoms with Gasteiger partial charge in [-0.05, 0) is 41.7 Å². The van der Waals surface area contributed by atoms with Crippen molar-refractivity contribution in [2.24, 2.45) is 11.1 Å². The van der Waals surface area contributed by atoms with Gasteiger partial charge < -0.3 is 29.4 Å². The molecule has 0 amide bonds. The lowest BCUT2D eigenvalue weighted by molar-refractivity contribution is -0.118. The van der Waals surface area contributed by atoms with Crippen molar-refractivity contribution in [3.05, 3.63) is 58.6 Å². The van der Waals surface area contributed by atoms with E-state index < -0.39 is 5.92 Å². The monoisotopic (exact) mass is 519 g/mol. The standard InChI is InChI=1S/C29H33N3O6/c1-29(2)13-20-26(21(33)14-29)25(16-10-23(36-5)27(38-7)24(11-16)37-6)18(15-30)28(31)32(20)19-12-17(34-3)8-9-22(19)35-4/h8-12,25H,13-14,31H2,1-7H3. The van der Waals surface area contributed by atoms with Gasteiger partial charge in [-0.2, -0.15) is 5.26 Å². The molecular formula is C29H33N3O6. The molecule has 9 heteroatoms. The Hall–Kier alpha value is -4.32. The zero-order valence-corrected chi connectivity index (χ0v) is 22.8. The predicted molar refractivity (Wildman–Crippen MR) is 143 cm³/mol. The highest BCUT2D eigenvalue weighted by Gasteiger charge is 2.45. The van der Waals surface area contributed by atoms with E-state index in [-0.39, 0.29) is 22.6 Å². The molecule has 1 aliphatic carbocycles. The molecule has 4 rings (SSSR count). The molecule has 0 saturated heterocycles. The zero-order chi connectivity index (χ0) is 27.8. The number of hydrogen-bond donors (Lipinski definition) is 1. The number of benzene rings is 2. The number of carbonyl (C=O) groups is 1. The van der Waals surface area contributed by atoms with Gasteiger partial charge in [0.15, 0.2) is 17.3 Å². The van der Waals surface area contributed by atoms with Crippen molar-refractivity contribution < 1.29 is 28.5 Å². The number of anilines is 1. The van der Waals surface area contributed by atoms with Gasteiger partial charge in [0.05, 0.1) is 58.8 Å². The third-order valence-electron chi connectivity index (χ3n) is 7.03. The average molecular weight is 520 g/mol. The third kappa shape index (κ3) is 4.36. The smallest absolute Gasteiger partial charge is 0.203 e. The normalized spacial score (nSPS) is 18.5. The van der Waals surface area contributed by atoms with Crippen LogP contribution in [0.15, 0.2) is 53.0 Å². The maximum atomic E-state index is 13.9. The van der Waals surface area contributed by atoms with Crippen LogP contribution >= 0.6 is 0 Å². The fourth-order valence-corrected chi connectivity index (χ4v) is 5.36. The number of nitrogens with two attached hydrogens (primary N) is 1. The molecule has 1 unspecified atom stereocenters. The molecule has 0 radical (unpaired) electrons. The molecule has 0 bridgehead atoms. The summed E-state index contributed by atoms with van der Waals surface area (Å²) >= 11 is 0. The van der Waals surface area contributed by atoms with E-state index in [1.807, 2.05) is 13.8 Å². The van der Waals surface area contributed by atoms with Crippen LogP contribution in [0, 0.1) is 16.7 Å². The molecule has 1 atom stereocenters. The van der Waals surface area contributed by atoms with Crippen LogP contribution in [0.3, 0.4) is 0 Å². The average Bonchev–Trinajstić information content (AvgIpc) is 2.90. The largest absolute Gasteiger partial charge is 0.497 e. The first-order valence-electron chi connectivity index (χ1n) is 12.1. The number of nitrogens with zero attached hydrogens (tertiary/aromatic N) is 2. The van der Waals surface area contributed by atoms with Crippen LogP contribution in [-0.4, -0.2) is 41.3 Å². The lowest BCUT2D eigenvalue weighted by Gasteiger charge is -2.44. The molecule has 38 heavy (non-hydrogen) atoms. The molecular weight excluding hydrogens is 486 g/mol. The van der Waals surface area contributed by atoms with E-state index in [9.17, 15) is 10.1 Å². The van der Waals surface area contributed by atoms with Crippen molar-refractivity contribution >= 4 is 11.5 Å². The number of carbonyl (C=O) groups excluding carboxylic acids is 1. The summed E-state index contributed by atoms with van der Waals surface area (Å²) in [5.41, 5.74) is 9.15. The number of rotatable bonds is 7. The van der Waals surface area contributed by atoms with E-state index in [1.54, 1.807) is 49.5 Å². The first-order valence-corrected chi connectivity index (χ1v) is 12.1. The third-order valence-corrected chi connectivity index (χ3v) is 7.03. The Balaban J connectivity index is 2.06. The number of ether oxygens (including phenoxy) is 5. The van der Waals surface area contributed by atoms with Crippen molar-refractivity contribution in [1.29, 1.82) is 5.26 Å². The van der Waals surface area contributed by atoms with E-state index in [0.717, 1.165) is 0 Å². The first kappa shape index (κ1) is 26.7. The fraction of sp³-hybridized carbons (Fsp3) is 0.379. The highest BCUT2D eigenvalue weighted by atomic mass is 16.5. The van der Waals surface area contributed by atoms with E-state index in [4.69, 9.17) is 29.4 Å². The van der Waals surface area contributed by atoms with Crippen molar-refractivity contribution in [1.82, 2.24) is 0 Å². The minimum Gasteiger partial charge on any atom is -0.497 e. The fourth-order valence-electron chi connectivity index (χ4n) is 5.36. The number of nitriles is 1. The van der Waals surface area contributed by atoms with Crippen LogP contribution in [-0.2, 0) is 4.79 Å². The highest BCUT2D eigenvalue weighted by molar-refractivity contribution is 6.02. The molecule has 9 nitrogen and oxygen atoms in total. The Kier molecular flexibility index (Phi) is 7.18. The van der Waals surface area contributed by atoms with E-state index >= 15 is 0 Å². The molecule has 1 heterocycles. The Morgan fingerprint density at radius 3 is 2.08 bits per heavy atom. The summed E-state index contributed by atoms with van der Waals surface area (Å²) in [6.45, 7) is 4.09. The van der Waals surface area contributed by atoms with Crippen molar-refractivity contribution in [3.8, 4) is 34.8 Å². The Morgan fingerprint density at radius 1 is 0.921 bits per heavy atom. The van der Waals surface area contributed by atoms with Gasteiger partial charge in [-0.25, -0.2) is 0 Å². The molecule has 2 aromatic rings. The predicted octanol–water partition coefficient (Wildman–Crippen LogP) is 4.67. The Morgan fingerprint density at radius 2 is 1.55 bits per heavy atom. The minimum absolute atomic E-state index is 0.0536. The van der Waals surface area contributed by atoms with Gasteiger partial charge in [0, 0.05) is 23.8 Å². The second-order valence-electron chi connectivity index (χ2n) is 9.98. The van der Waals surface area contributed by atoms with Crippen LogP contribution < -0.4 is 34.3 Å². The lowest BCUT2D eigenvalue weighted by atomic mass is 9.68. The number of hydrogen-bond acceptors (Lipinski definition) is 9. The number of Topliss-reactive ketones (excluding diaryl/α,β-unsaturated/α-hetero) is 1. The van der Waals surface area contributed by atoms with E-state index in [2.05, 4.69) is 6.07 Å². The Labute approximate surface area is 223 Å². The topological polar surface area (TPSA) is 116 Å². The van der Waals surface area contributed by atoms with Crippen molar-refractivity contribution in [3.63, 3.8) is 0 Å². The molecule has 200 valence electrons. The molecule has 0 saturated carbocycles. The van der Waals surface area contributed by atoms with Gasteiger partial charge in [-0.3, -0.25) is 9.69 Å². The van der Waals surface area contributed by atoms with Gasteiger partial charge in [-0.15, -0.1) is 0 Å². The van der Waals surface area contributed by atoms with Gasteiger partial charge in [-0.1, -0.05) is 13.8 Å². The van der Waals surface area contributed by atoms with Gasteiger partial charge >= 0.3 is 0 Å². The molecule has 0 fully saturated rings. The maximum absolute atomic E-state index is 13.9. The number of methoxy groups -OCH3 is 5. The number of allylic oxidation sites excluding steroid dienone is 3. The summed E-state index contributed by atoms with van der Waals surface area (Å²) in [4.78, 5) is 15.6. The van der Waals surface area contributed by atoms with E-state index in [1.165, 1.54) is 21.3 Å². The molecule has 1 aliphatic heterocycles. The van der Waals surface area contributed by atoms with Crippen LogP contribution in [0.25, 0.3) is 0 Å². The van der Waals surface area contributed by atoms with Crippen LogP contribution in [0.1, 0.15) is 38.2 Å². The van der Waals surface area contributed by atoms with Gasteiger partial charge in [0.1, 0.15) is 17.3 Å². The lowest BCUT2D eigenvalue weighted by Crippen LogP contribution is -2.42. The van der Waals surface area contributed by atoms with Crippen LogP contribution in [0.2, 0.25) is 0 Å². The summed E-state index contributed by atoms with van der Waals surface area (Å²) in [5.74, 6) is 1.80.